The number of hydrazone groups is 1. The average Bonchev–Trinajstić information content (AvgIpc) is 2.94. The minimum absolute atomic E-state index is 0.108. The molecule has 1 aromatic carbocycles. The second-order valence-electron chi connectivity index (χ2n) is 6.52. The van der Waals surface area contributed by atoms with Gasteiger partial charge in [-0.3, -0.25) is 4.79 Å². The number of hydrogen-bond acceptors (Lipinski definition) is 4. The highest BCUT2D eigenvalue weighted by atomic mass is 35.5. The summed E-state index contributed by atoms with van der Waals surface area (Å²) in [5, 5.41) is 14.5. The van der Waals surface area contributed by atoms with Crippen LogP contribution < -0.4 is 4.74 Å². The Morgan fingerprint density at radius 2 is 2.11 bits per heavy atom. The normalized spacial score (nSPS) is 20.0. The van der Waals surface area contributed by atoms with Gasteiger partial charge in [-0.15, -0.1) is 0 Å². The predicted octanol–water partition coefficient (Wildman–Crippen LogP) is 4.45. The summed E-state index contributed by atoms with van der Waals surface area (Å²) < 4.78 is 45.5. The van der Waals surface area contributed by atoms with Crippen molar-refractivity contribution in [2.75, 3.05) is 6.61 Å². The third-order valence-corrected chi connectivity index (χ3v) is 4.72. The molecule has 1 amide bonds. The highest BCUT2D eigenvalue weighted by Crippen LogP contribution is 2.41. The van der Waals surface area contributed by atoms with Crippen molar-refractivity contribution in [1.29, 1.82) is 0 Å². The molecule has 0 fully saturated rings. The maximum atomic E-state index is 13.4. The number of unbranched alkanes of at least 4 members (excludes halogenated alkanes) is 2. The number of amides is 1. The van der Waals surface area contributed by atoms with Crippen molar-refractivity contribution in [3.8, 4) is 5.75 Å². The maximum absolute atomic E-state index is 13.4. The summed E-state index contributed by atoms with van der Waals surface area (Å²) in [6.45, 7) is 3.01. The van der Waals surface area contributed by atoms with Gasteiger partial charge in [0.15, 0.2) is 6.61 Å². The van der Waals surface area contributed by atoms with E-state index in [-0.39, 0.29) is 16.5 Å². The monoisotopic (exact) mass is 406 g/mol. The molecule has 0 aromatic heterocycles. The van der Waals surface area contributed by atoms with E-state index in [4.69, 9.17) is 16.3 Å². The number of nitrogens with zero attached hydrogens (tertiary/aromatic N) is 2. The zero-order chi connectivity index (χ0) is 20.2. The molecule has 1 aliphatic rings. The van der Waals surface area contributed by atoms with Crippen LogP contribution in [0.4, 0.5) is 13.2 Å². The SMILES string of the molecule is CCCCCC1=NN(C(=O)COc2ccc(Cl)c(C)c2)[C@](O)(C(F)(F)F)C1. The predicted molar refractivity (Wildman–Crippen MR) is 95.7 cm³/mol. The van der Waals surface area contributed by atoms with Crippen LogP contribution in [0.1, 0.15) is 44.6 Å². The number of halogens is 4. The Kier molecular flexibility index (Phi) is 6.75. The Morgan fingerprint density at radius 3 is 2.70 bits per heavy atom. The minimum Gasteiger partial charge on any atom is -0.484 e. The van der Waals surface area contributed by atoms with Crippen LogP contribution in [0.2, 0.25) is 5.02 Å². The van der Waals surface area contributed by atoms with E-state index in [1.807, 2.05) is 6.92 Å². The van der Waals surface area contributed by atoms with Crippen molar-refractivity contribution in [1.82, 2.24) is 5.01 Å². The summed E-state index contributed by atoms with van der Waals surface area (Å²) in [4.78, 5) is 12.3. The standard InChI is InChI=1S/C18H22ClF3N2O3/c1-3-4-5-6-13-10-17(26,18(20,21)22)24(23-13)16(25)11-27-14-7-8-15(19)12(2)9-14/h7-9,26H,3-6,10-11H2,1-2H3/t17-/m1/s1. The lowest BCUT2D eigenvalue weighted by Gasteiger charge is -2.32. The quantitative estimate of drug-likeness (QED) is 0.680. The number of hydrogen-bond donors (Lipinski definition) is 1. The van der Waals surface area contributed by atoms with Gasteiger partial charge in [0.05, 0.1) is 0 Å². The third-order valence-electron chi connectivity index (χ3n) is 4.29. The molecule has 1 aromatic rings. The van der Waals surface area contributed by atoms with Crippen LogP contribution in [0.25, 0.3) is 0 Å². The Balaban J connectivity index is 2.12. The second kappa shape index (κ2) is 8.48. The van der Waals surface area contributed by atoms with Crippen LogP contribution in [0.3, 0.4) is 0 Å². The number of aliphatic hydroxyl groups is 1. The molecule has 1 N–H and O–H groups in total. The van der Waals surface area contributed by atoms with E-state index in [1.165, 1.54) is 6.07 Å². The van der Waals surface area contributed by atoms with Gasteiger partial charge in [0.25, 0.3) is 11.6 Å². The van der Waals surface area contributed by atoms with E-state index in [2.05, 4.69) is 5.10 Å². The Morgan fingerprint density at radius 1 is 1.41 bits per heavy atom. The van der Waals surface area contributed by atoms with Crippen LogP contribution in [0.5, 0.6) is 5.75 Å². The molecule has 0 aliphatic carbocycles. The van der Waals surface area contributed by atoms with Gasteiger partial charge in [-0.2, -0.15) is 23.3 Å². The number of alkyl halides is 3. The van der Waals surface area contributed by atoms with Gasteiger partial charge in [0.1, 0.15) is 5.75 Å². The molecule has 1 aliphatic heterocycles. The Labute approximate surface area is 160 Å². The number of rotatable bonds is 7. The van der Waals surface area contributed by atoms with Gasteiger partial charge in [-0.1, -0.05) is 31.4 Å². The van der Waals surface area contributed by atoms with Gasteiger partial charge in [0.2, 0.25) is 0 Å². The number of carbonyl (C=O) groups excluding carboxylic acids is 1. The molecule has 5 nitrogen and oxygen atoms in total. The second-order valence-corrected chi connectivity index (χ2v) is 6.93. The average molecular weight is 407 g/mol. The fourth-order valence-corrected chi connectivity index (χ4v) is 2.85. The van der Waals surface area contributed by atoms with E-state index >= 15 is 0 Å². The lowest BCUT2D eigenvalue weighted by molar-refractivity contribution is -0.302. The zero-order valence-electron chi connectivity index (χ0n) is 15.1. The van der Waals surface area contributed by atoms with Gasteiger partial charge in [-0.05, 0) is 43.5 Å². The molecule has 0 spiro atoms. The van der Waals surface area contributed by atoms with Crippen LogP contribution >= 0.6 is 11.6 Å². The smallest absolute Gasteiger partial charge is 0.438 e. The third kappa shape index (κ3) is 4.93. The van der Waals surface area contributed by atoms with E-state index < -0.39 is 30.8 Å². The first-order chi connectivity index (χ1) is 12.6. The number of ether oxygens (including phenoxy) is 1. The lowest BCUT2D eigenvalue weighted by atomic mass is 10.0. The Bertz CT molecular complexity index is 724. The van der Waals surface area contributed by atoms with Crippen LogP contribution in [0.15, 0.2) is 23.3 Å². The van der Waals surface area contributed by atoms with Gasteiger partial charge >= 0.3 is 6.18 Å². The molecule has 9 heteroatoms. The highest BCUT2D eigenvalue weighted by molar-refractivity contribution is 6.31. The zero-order valence-corrected chi connectivity index (χ0v) is 15.9. The van der Waals surface area contributed by atoms with Crippen molar-refractivity contribution < 1.29 is 27.8 Å². The van der Waals surface area contributed by atoms with Crippen molar-refractivity contribution in [2.45, 2.75) is 57.9 Å². The first-order valence-electron chi connectivity index (χ1n) is 8.66. The van der Waals surface area contributed by atoms with E-state index in [0.29, 0.717) is 23.4 Å². The summed E-state index contributed by atoms with van der Waals surface area (Å²) >= 11 is 5.90. The fourth-order valence-electron chi connectivity index (χ4n) is 2.73. The number of carbonyl (C=O) groups is 1. The Hall–Kier alpha value is -1.80. The molecular formula is C18H22ClF3N2O3. The summed E-state index contributed by atoms with van der Waals surface area (Å²) in [6, 6.07) is 4.62. The first-order valence-corrected chi connectivity index (χ1v) is 9.03. The first kappa shape index (κ1) is 21.5. The van der Waals surface area contributed by atoms with Crippen LogP contribution in [-0.2, 0) is 4.79 Å². The van der Waals surface area contributed by atoms with Gasteiger partial charge in [0, 0.05) is 17.2 Å². The van der Waals surface area contributed by atoms with Crippen molar-refractivity contribution in [2.24, 2.45) is 5.10 Å². The van der Waals surface area contributed by atoms with Crippen LogP contribution in [0, 0.1) is 6.92 Å². The minimum atomic E-state index is -5.03. The van der Waals surface area contributed by atoms with Crippen LogP contribution in [-0.4, -0.2) is 40.2 Å². The molecule has 0 saturated carbocycles. The molecule has 150 valence electrons. The molecule has 0 saturated heterocycles. The number of aryl methyl sites for hydroxylation is 1. The van der Waals surface area contributed by atoms with Crippen molar-refractivity contribution in [3.05, 3.63) is 28.8 Å². The molecule has 1 atom stereocenters. The van der Waals surface area contributed by atoms with E-state index in [0.717, 1.165) is 12.8 Å². The lowest BCUT2D eigenvalue weighted by Crippen LogP contribution is -2.57. The highest BCUT2D eigenvalue weighted by Gasteiger charge is 2.63. The molecule has 0 bridgehead atoms. The molecule has 27 heavy (non-hydrogen) atoms. The van der Waals surface area contributed by atoms with E-state index in [1.54, 1.807) is 19.1 Å². The van der Waals surface area contributed by atoms with Gasteiger partial charge in [-0.25, -0.2) is 0 Å². The molecule has 0 unspecified atom stereocenters. The van der Waals surface area contributed by atoms with Crippen molar-refractivity contribution in [3.63, 3.8) is 0 Å². The summed E-state index contributed by atoms with van der Waals surface area (Å²) in [6.07, 6.45) is -3.11. The largest absolute Gasteiger partial charge is 0.484 e. The van der Waals surface area contributed by atoms with Gasteiger partial charge < -0.3 is 9.84 Å². The summed E-state index contributed by atoms with van der Waals surface area (Å²) in [7, 11) is 0. The number of benzene rings is 1. The molecular weight excluding hydrogens is 385 g/mol. The molecule has 2 rings (SSSR count). The topological polar surface area (TPSA) is 62.1 Å². The fraction of sp³-hybridized carbons (Fsp3) is 0.556. The molecule has 1 heterocycles. The van der Waals surface area contributed by atoms with Crippen molar-refractivity contribution >= 4 is 23.2 Å². The molecule has 0 radical (unpaired) electrons. The summed E-state index contributed by atoms with van der Waals surface area (Å²) in [5.74, 6) is -0.792. The summed E-state index contributed by atoms with van der Waals surface area (Å²) in [5.41, 5.74) is -2.49. The van der Waals surface area contributed by atoms with E-state index in [9.17, 15) is 23.1 Å². The maximum Gasteiger partial charge on any atom is 0.438 e.